The van der Waals surface area contributed by atoms with Crippen LogP contribution in [-0.4, -0.2) is 62.7 Å². The van der Waals surface area contributed by atoms with Gasteiger partial charge < -0.3 is 9.64 Å². The van der Waals surface area contributed by atoms with Gasteiger partial charge in [0.05, 0.1) is 29.5 Å². The zero-order valence-corrected chi connectivity index (χ0v) is 19.3. The summed E-state index contributed by atoms with van der Waals surface area (Å²) in [5.74, 6) is -0.0188. The number of sulfone groups is 1. The molecule has 2 atom stereocenters. The van der Waals surface area contributed by atoms with E-state index in [1.54, 1.807) is 18.3 Å². The van der Waals surface area contributed by atoms with Gasteiger partial charge in [-0.25, -0.2) is 23.1 Å². The molecule has 0 bridgehead atoms. The van der Waals surface area contributed by atoms with E-state index in [4.69, 9.17) is 4.74 Å². The molecule has 3 fully saturated rings. The van der Waals surface area contributed by atoms with Crippen LogP contribution in [0.4, 0.5) is 35.2 Å². The molecule has 13 heteroatoms. The number of carbonyl (C=O) groups is 2. The number of alkyl halides is 3. The van der Waals surface area contributed by atoms with Gasteiger partial charge in [-0.1, -0.05) is 6.92 Å². The minimum absolute atomic E-state index is 0.00967. The molecule has 186 valence electrons. The zero-order valence-electron chi connectivity index (χ0n) is 18.5. The molecule has 1 aromatic heterocycles. The number of anilines is 3. The number of amides is 3. The van der Waals surface area contributed by atoms with Gasteiger partial charge >= 0.3 is 11.5 Å². The molecule has 2 unspecified atom stereocenters. The molecule has 2 aromatic rings. The average molecular weight is 510 g/mol. The predicted molar refractivity (Wildman–Crippen MR) is 119 cm³/mol. The predicted octanol–water partition coefficient (Wildman–Crippen LogP) is 2.96. The molecule has 2 aliphatic heterocycles. The van der Waals surface area contributed by atoms with Crippen LogP contribution < -0.4 is 14.7 Å². The van der Waals surface area contributed by atoms with Crippen molar-refractivity contribution < 1.29 is 35.9 Å². The van der Waals surface area contributed by atoms with Crippen molar-refractivity contribution >= 4 is 39.0 Å². The molecule has 0 N–H and O–H groups in total. The van der Waals surface area contributed by atoms with E-state index in [1.807, 2.05) is 11.8 Å². The Balaban J connectivity index is 1.49. The molecule has 1 aliphatic carbocycles. The van der Waals surface area contributed by atoms with Crippen LogP contribution in [-0.2, 0) is 19.4 Å². The highest BCUT2D eigenvalue weighted by Gasteiger charge is 2.70. The fourth-order valence-corrected chi connectivity index (χ4v) is 5.41. The first-order chi connectivity index (χ1) is 16.5. The SMILES string of the molecule is CC1CC12C(=O)N(c1ccc(S(=O)(=O)C(F)(F)F)cc1)C(=O)N2c1ccnc(N2CCOCC2)c1. The fourth-order valence-electron chi connectivity index (χ4n) is 4.65. The molecule has 3 aliphatic rings. The molecule has 1 spiro atoms. The van der Waals surface area contributed by atoms with Crippen molar-refractivity contribution in [1.29, 1.82) is 0 Å². The summed E-state index contributed by atoms with van der Waals surface area (Å²) in [5.41, 5.74) is -6.11. The van der Waals surface area contributed by atoms with Crippen LogP contribution in [0.25, 0.3) is 0 Å². The Hall–Kier alpha value is -3.19. The number of pyridine rings is 1. The van der Waals surface area contributed by atoms with E-state index in [0.29, 0.717) is 44.2 Å². The van der Waals surface area contributed by atoms with Crippen LogP contribution in [0.1, 0.15) is 13.3 Å². The summed E-state index contributed by atoms with van der Waals surface area (Å²) in [6.07, 6.45) is 1.97. The standard InChI is InChI=1S/C22H21F3N4O5S/c1-14-13-21(14)19(30)28(15-2-4-17(5-3-15)35(32,33)22(23,24)25)20(31)29(21)16-6-7-26-18(12-16)27-8-10-34-11-9-27/h2-7,12,14H,8-11,13H2,1H3. The summed E-state index contributed by atoms with van der Waals surface area (Å²) >= 11 is 0. The zero-order chi connectivity index (χ0) is 25.2. The molecule has 1 aromatic carbocycles. The Labute approximate surface area is 199 Å². The third-order valence-corrected chi connectivity index (χ3v) is 8.16. The lowest BCUT2D eigenvalue weighted by atomic mass is 10.1. The van der Waals surface area contributed by atoms with E-state index < -0.39 is 37.7 Å². The first-order valence-electron chi connectivity index (χ1n) is 10.9. The second-order valence-electron chi connectivity index (χ2n) is 8.70. The van der Waals surface area contributed by atoms with E-state index in [9.17, 15) is 31.2 Å². The number of benzene rings is 1. The van der Waals surface area contributed by atoms with Gasteiger partial charge in [0.15, 0.2) is 0 Å². The summed E-state index contributed by atoms with van der Waals surface area (Å²) in [7, 11) is -5.55. The molecule has 9 nitrogen and oxygen atoms in total. The van der Waals surface area contributed by atoms with Crippen molar-refractivity contribution in [2.75, 3.05) is 41.0 Å². The number of imide groups is 1. The highest BCUT2D eigenvalue weighted by Crippen LogP contribution is 2.55. The van der Waals surface area contributed by atoms with Gasteiger partial charge in [-0.3, -0.25) is 9.69 Å². The minimum Gasteiger partial charge on any atom is -0.378 e. The molecule has 5 rings (SSSR count). The molecule has 35 heavy (non-hydrogen) atoms. The van der Waals surface area contributed by atoms with Crippen molar-refractivity contribution in [1.82, 2.24) is 4.98 Å². The van der Waals surface area contributed by atoms with E-state index in [2.05, 4.69) is 4.98 Å². The van der Waals surface area contributed by atoms with E-state index >= 15 is 0 Å². The highest BCUT2D eigenvalue weighted by atomic mass is 32.2. The smallest absolute Gasteiger partial charge is 0.378 e. The maximum Gasteiger partial charge on any atom is 0.501 e. The summed E-state index contributed by atoms with van der Waals surface area (Å²) in [4.78, 5) is 34.7. The number of hydrogen-bond acceptors (Lipinski definition) is 7. The average Bonchev–Trinajstić information content (AvgIpc) is 3.44. The van der Waals surface area contributed by atoms with Gasteiger partial charge in [0.2, 0.25) is 0 Å². The van der Waals surface area contributed by atoms with Crippen molar-refractivity contribution in [2.45, 2.75) is 29.3 Å². The van der Waals surface area contributed by atoms with Gasteiger partial charge in [-0.15, -0.1) is 0 Å². The number of morpholine rings is 1. The first-order valence-corrected chi connectivity index (χ1v) is 12.4. The molecule has 3 heterocycles. The second kappa shape index (κ2) is 7.92. The summed E-state index contributed by atoms with van der Waals surface area (Å²) in [6.45, 7) is 4.18. The molecule has 0 radical (unpaired) electrons. The number of aromatic nitrogens is 1. The maximum atomic E-state index is 13.5. The van der Waals surface area contributed by atoms with Crippen LogP contribution in [0.3, 0.4) is 0 Å². The number of ether oxygens (including phenoxy) is 1. The Kier molecular flexibility index (Phi) is 5.33. The topological polar surface area (TPSA) is 100 Å². The van der Waals surface area contributed by atoms with Crippen molar-refractivity contribution in [2.24, 2.45) is 5.92 Å². The molecule has 3 amide bonds. The van der Waals surface area contributed by atoms with E-state index in [-0.39, 0.29) is 11.6 Å². The summed E-state index contributed by atoms with van der Waals surface area (Å²) in [5, 5.41) is 0. The molecule has 2 saturated heterocycles. The number of hydrogen-bond donors (Lipinski definition) is 0. The maximum absolute atomic E-state index is 13.5. The van der Waals surface area contributed by atoms with Gasteiger partial charge in [-0.2, -0.15) is 13.2 Å². The third-order valence-electron chi connectivity index (χ3n) is 6.66. The van der Waals surface area contributed by atoms with Crippen molar-refractivity contribution in [3.63, 3.8) is 0 Å². The second-order valence-corrected chi connectivity index (χ2v) is 10.6. The van der Waals surface area contributed by atoms with Crippen molar-refractivity contribution in [3.05, 3.63) is 42.6 Å². The third kappa shape index (κ3) is 3.56. The van der Waals surface area contributed by atoms with Gasteiger partial charge in [0.25, 0.3) is 15.7 Å². The van der Waals surface area contributed by atoms with Crippen LogP contribution in [0, 0.1) is 5.92 Å². The molecular weight excluding hydrogens is 489 g/mol. The van der Waals surface area contributed by atoms with Gasteiger partial charge in [0.1, 0.15) is 11.4 Å². The number of rotatable bonds is 4. The van der Waals surface area contributed by atoms with Crippen LogP contribution in [0.15, 0.2) is 47.5 Å². The van der Waals surface area contributed by atoms with Crippen LogP contribution >= 0.6 is 0 Å². The van der Waals surface area contributed by atoms with Crippen LogP contribution in [0.2, 0.25) is 0 Å². The molecule has 1 saturated carbocycles. The van der Waals surface area contributed by atoms with E-state index in [1.165, 1.54) is 4.90 Å². The quantitative estimate of drug-likeness (QED) is 0.583. The monoisotopic (exact) mass is 510 g/mol. The number of carbonyl (C=O) groups excluding carboxylic acids is 2. The Morgan fingerprint density at radius 3 is 2.26 bits per heavy atom. The fraction of sp³-hybridized carbons (Fsp3) is 0.409. The van der Waals surface area contributed by atoms with Crippen LogP contribution in [0.5, 0.6) is 0 Å². The lowest BCUT2D eigenvalue weighted by Crippen LogP contribution is -2.40. The normalized spacial score (nSPS) is 25.0. The number of nitrogens with zero attached hydrogens (tertiary/aromatic N) is 4. The summed E-state index contributed by atoms with van der Waals surface area (Å²) in [6, 6.07) is 6.25. The Morgan fingerprint density at radius 1 is 1.06 bits per heavy atom. The van der Waals surface area contributed by atoms with E-state index in [0.717, 1.165) is 29.2 Å². The van der Waals surface area contributed by atoms with Gasteiger partial charge in [0, 0.05) is 25.4 Å². The lowest BCUT2D eigenvalue weighted by molar-refractivity contribution is -0.119. The Bertz CT molecular complexity index is 1290. The minimum atomic E-state index is -5.55. The van der Waals surface area contributed by atoms with Crippen molar-refractivity contribution in [3.8, 4) is 0 Å². The lowest BCUT2D eigenvalue weighted by Gasteiger charge is -2.29. The first kappa shape index (κ1) is 23.5. The largest absolute Gasteiger partial charge is 0.501 e. The van der Waals surface area contributed by atoms with Gasteiger partial charge in [-0.05, 0) is 42.7 Å². The molecular formula is C22H21F3N4O5S. The Morgan fingerprint density at radius 2 is 1.69 bits per heavy atom. The summed E-state index contributed by atoms with van der Waals surface area (Å²) < 4.78 is 67.3. The number of halogens is 3. The highest BCUT2D eigenvalue weighted by molar-refractivity contribution is 7.92. The number of urea groups is 1.